The highest BCUT2D eigenvalue weighted by molar-refractivity contribution is 7.12. The lowest BCUT2D eigenvalue weighted by Gasteiger charge is -2.32. The first kappa shape index (κ1) is 14.7. The molecular formula is C19H16F2Si. The molecule has 0 bridgehead atoms. The molecule has 0 amide bonds. The molecule has 0 nitrogen and oxygen atoms in total. The Kier molecular flexibility index (Phi) is 4.16. The summed E-state index contributed by atoms with van der Waals surface area (Å²) in [5.74, 6) is 0. The van der Waals surface area contributed by atoms with Gasteiger partial charge < -0.3 is 0 Å². The van der Waals surface area contributed by atoms with Gasteiger partial charge in [-0.3, -0.25) is 0 Å². The van der Waals surface area contributed by atoms with Gasteiger partial charge in [0.2, 0.25) is 14.1 Å². The van der Waals surface area contributed by atoms with Crippen LogP contribution in [0.3, 0.4) is 0 Å². The molecule has 0 heterocycles. The number of hydrogen-bond donors (Lipinski definition) is 0. The molecule has 0 unspecified atom stereocenters. The number of halogens is 2. The van der Waals surface area contributed by atoms with E-state index in [0.717, 1.165) is 15.6 Å². The van der Waals surface area contributed by atoms with E-state index in [1.54, 1.807) is 0 Å². The molecule has 0 aliphatic heterocycles. The average Bonchev–Trinajstić information content (AvgIpc) is 2.58. The van der Waals surface area contributed by atoms with E-state index in [4.69, 9.17) is 0 Å². The van der Waals surface area contributed by atoms with Crippen LogP contribution in [-0.4, -0.2) is 14.1 Å². The van der Waals surface area contributed by atoms with Crippen molar-refractivity contribution in [1.29, 1.82) is 0 Å². The van der Waals surface area contributed by atoms with Crippen LogP contribution in [0.4, 0.5) is 8.78 Å². The molecule has 3 aromatic rings. The highest BCUT2D eigenvalue weighted by Crippen LogP contribution is 2.16. The zero-order valence-electron chi connectivity index (χ0n) is 12.0. The lowest BCUT2D eigenvalue weighted by Crippen LogP contribution is -2.72. The Morgan fingerprint density at radius 1 is 0.500 bits per heavy atom. The monoisotopic (exact) mass is 310 g/mol. The van der Waals surface area contributed by atoms with Crippen LogP contribution in [-0.2, 0) is 0 Å². The predicted octanol–water partition coefficient (Wildman–Crippen LogP) is 2.96. The predicted molar refractivity (Wildman–Crippen MR) is 90.0 cm³/mol. The van der Waals surface area contributed by atoms with Crippen molar-refractivity contribution in [2.75, 3.05) is 0 Å². The van der Waals surface area contributed by atoms with Crippen molar-refractivity contribution in [3.8, 4) is 0 Å². The van der Waals surface area contributed by atoms with Gasteiger partial charge in [0.1, 0.15) is 0 Å². The maximum absolute atomic E-state index is 14.5. The van der Waals surface area contributed by atoms with E-state index in [1.165, 1.54) is 0 Å². The second kappa shape index (κ2) is 6.24. The van der Waals surface area contributed by atoms with Crippen LogP contribution in [0.15, 0.2) is 91.0 Å². The molecule has 0 aromatic heterocycles. The van der Waals surface area contributed by atoms with E-state index >= 15 is 0 Å². The van der Waals surface area contributed by atoms with Crippen molar-refractivity contribution in [3.63, 3.8) is 0 Å². The third kappa shape index (κ3) is 2.38. The van der Waals surface area contributed by atoms with Crippen molar-refractivity contribution in [3.05, 3.63) is 91.0 Å². The molecule has 3 aromatic carbocycles. The number of benzene rings is 3. The fraction of sp³-hybridized carbons (Fsp3) is 0.0526. The summed E-state index contributed by atoms with van der Waals surface area (Å²) >= 11 is 0. The first-order valence-corrected chi connectivity index (χ1v) is 9.28. The molecule has 22 heavy (non-hydrogen) atoms. The smallest absolute Gasteiger partial charge is 0.214 e. The van der Waals surface area contributed by atoms with Crippen LogP contribution in [0.5, 0.6) is 0 Å². The van der Waals surface area contributed by atoms with Crippen LogP contribution in [0, 0.1) is 0 Å². The third-order valence-electron chi connectivity index (χ3n) is 4.01. The van der Waals surface area contributed by atoms with Gasteiger partial charge in [-0.1, -0.05) is 91.0 Å². The van der Waals surface area contributed by atoms with Gasteiger partial charge in [-0.05, 0) is 15.6 Å². The Morgan fingerprint density at radius 2 is 0.773 bits per heavy atom. The lowest BCUT2D eigenvalue weighted by molar-refractivity contribution is 0.233. The van der Waals surface area contributed by atoms with Gasteiger partial charge in [-0.2, -0.15) is 0 Å². The lowest BCUT2D eigenvalue weighted by atomic mass is 10.3. The average molecular weight is 310 g/mol. The van der Waals surface area contributed by atoms with Gasteiger partial charge in [-0.15, -0.1) is 0 Å². The SMILES string of the molecule is FC(F)[Si](c1ccccc1)(c1ccccc1)c1ccccc1. The molecule has 0 atom stereocenters. The molecule has 0 fully saturated rings. The standard InChI is InChI=1S/C19H16F2Si/c20-19(21)22(16-10-4-1-5-11-16,17-12-6-2-7-13-17)18-14-8-3-9-15-18/h1-15,19H. The second-order valence-electron chi connectivity index (χ2n) is 5.21. The summed E-state index contributed by atoms with van der Waals surface area (Å²) in [6.45, 7) is 0. The molecule has 0 N–H and O–H groups in total. The Morgan fingerprint density at radius 3 is 1.00 bits per heavy atom. The van der Waals surface area contributed by atoms with Gasteiger partial charge in [-0.25, -0.2) is 8.78 Å². The van der Waals surface area contributed by atoms with Gasteiger partial charge in [0.25, 0.3) is 0 Å². The third-order valence-corrected chi connectivity index (χ3v) is 8.40. The van der Waals surface area contributed by atoms with Crippen LogP contribution in [0.2, 0.25) is 0 Å². The van der Waals surface area contributed by atoms with Gasteiger partial charge in [0, 0.05) is 0 Å². The Labute approximate surface area is 130 Å². The molecule has 0 aliphatic rings. The van der Waals surface area contributed by atoms with E-state index < -0.39 is 14.1 Å². The number of hydrogen-bond acceptors (Lipinski definition) is 0. The molecular weight excluding hydrogens is 294 g/mol. The van der Waals surface area contributed by atoms with Crippen LogP contribution < -0.4 is 15.6 Å². The summed E-state index contributed by atoms with van der Waals surface area (Å²) in [7, 11) is -3.33. The molecule has 0 saturated carbocycles. The Bertz CT molecular complexity index is 616. The van der Waals surface area contributed by atoms with E-state index in [9.17, 15) is 8.78 Å². The summed E-state index contributed by atoms with van der Waals surface area (Å²) in [4.78, 5) is 0. The first-order chi connectivity index (χ1) is 10.8. The fourth-order valence-electron chi connectivity index (χ4n) is 2.98. The first-order valence-electron chi connectivity index (χ1n) is 7.21. The zero-order chi connectivity index (χ0) is 15.4. The maximum atomic E-state index is 14.5. The zero-order valence-corrected chi connectivity index (χ0v) is 13.0. The molecule has 3 heteroatoms. The van der Waals surface area contributed by atoms with Crippen molar-refractivity contribution in [1.82, 2.24) is 0 Å². The van der Waals surface area contributed by atoms with Crippen molar-refractivity contribution < 1.29 is 8.78 Å². The van der Waals surface area contributed by atoms with Gasteiger partial charge in [0.15, 0.2) is 0 Å². The normalized spacial score (nSPS) is 11.6. The number of alkyl halides is 2. The minimum atomic E-state index is -3.33. The molecule has 0 radical (unpaired) electrons. The van der Waals surface area contributed by atoms with Crippen LogP contribution in [0.25, 0.3) is 0 Å². The molecule has 0 spiro atoms. The summed E-state index contributed by atoms with van der Waals surface area (Å²) in [5.41, 5.74) is 0. The summed E-state index contributed by atoms with van der Waals surface area (Å²) in [5, 5.41) is 2.22. The fourth-order valence-corrected chi connectivity index (χ4v) is 6.89. The van der Waals surface area contributed by atoms with Gasteiger partial charge in [0.05, 0.1) is 0 Å². The summed E-state index contributed by atoms with van der Waals surface area (Å²) < 4.78 is 28.9. The topological polar surface area (TPSA) is 0 Å². The van der Waals surface area contributed by atoms with E-state index in [2.05, 4.69) is 0 Å². The Hall–Kier alpha value is -2.26. The minimum absolute atomic E-state index is 0.738. The molecule has 0 aliphatic carbocycles. The highest BCUT2D eigenvalue weighted by Gasteiger charge is 2.48. The minimum Gasteiger partial charge on any atom is -0.214 e. The Balaban J connectivity index is 2.34. The largest absolute Gasteiger partial charge is 0.235 e. The second-order valence-corrected chi connectivity index (χ2v) is 8.99. The summed E-state index contributed by atoms with van der Waals surface area (Å²) in [6.07, 6.45) is 0. The van der Waals surface area contributed by atoms with Crippen LogP contribution >= 0.6 is 0 Å². The van der Waals surface area contributed by atoms with Crippen molar-refractivity contribution in [2.45, 2.75) is 6.05 Å². The quantitative estimate of drug-likeness (QED) is 0.513. The molecule has 110 valence electrons. The van der Waals surface area contributed by atoms with E-state index in [0.29, 0.717) is 0 Å². The van der Waals surface area contributed by atoms with Crippen molar-refractivity contribution in [2.24, 2.45) is 0 Å². The van der Waals surface area contributed by atoms with Crippen molar-refractivity contribution >= 4 is 23.6 Å². The van der Waals surface area contributed by atoms with E-state index in [-0.39, 0.29) is 0 Å². The molecule has 0 saturated heterocycles. The highest BCUT2D eigenvalue weighted by atomic mass is 28.3. The van der Waals surface area contributed by atoms with Gasteiger partial charge >= 0.3 is 0 Å². The molecule has 3 rings (SSSR count). The number of rotatable bonds is 4. The summed E-state index contributed by atoms with van der Waals surface area (Å²) in [6, 6.07) is 25.2. The van der Waals surface area contributed by atoms with E-state index in [1.807, 2.05) is 91.0 Å². The van der Waals surface area contributed by atoms with Crippen LogP contribution in [0.1, 0.15) is 0 Å². The maximum Gasteiger partial charge on any atom is 0.235 e.